The molecule has 0 aliphatic carbocycles. The van der Waals surface area contributed by atoms with E-state index >= 15 is 0 Å². The molecule has 0 aromatic heterocycles. The van der Waals surface area contributed by atoms with Crippen molar-refractivity contribution in [3.8, 4) is 0 Å². The second-order valence-electron chi connectivity index (χ2n) is 6.21. The maximum atomic E-state index is 12.1. The van der Waals surface area contributed by atoms with Crippen molar-refractivity contribution in [2.45, 2.75) is 32.0 Å². The second-order valence-corrected chi connectivity index (χ2v) is 7.07. The molecule has 1 N–H and O–H groups in total. The van der Waals surface area contributed by atoms with Crippen LogP contribution in [0.3, 0.4) is 0 Å². The standard InChI is InChI=1S/C17H23BrN2O3/c1-13-2-3-14(12-15(13)18)19-16(21)4-7-20-8-5-17(6-9-20)22-10-11-23-17/h2-3,12H,4-11H2,1H3,(H,19,21). The van der Waals surface area contributed by atoms with Crippen LogP contribution >= 0.6 is 15.9 Å². The molecular weight excluding hydrogens is 360 g/mol. The van der Waals surface area contributed by atoms with Crippen LogP contribution in [0, 0.1) is 6.92 Å². The van der Waals surface area contributed by atoms with Crippen LogP contribution in [0.2, 0.25) is 0 Å². The van der Waals surface area contributed by atoms with E-state index < -0.39 is 0 Å². The molecule has 1 aromatic carbocycles. The Hall–Kier alpha value is -0.950. The highest BCUT2D eigenvalue weighted by molar-refractivity contribution is 9.10. The Morgan fingerprint density at radius 1 is 1.30 bits per heavy atom. The fourth-order valence-corrected chi connectivity index (χ4v) is 3.44. The number of nitrogens with one attached hydrogen (secondary N) is 1. The summed E-state index contributed by atoms with van der Waals surface area (Å²) >= 11 is 3.48. The number of likely N-dealkylation sites (tertiary alicyclic amines) is 1. The first kappa shape index (κ1) is 16.9. The van der Waals surface area contributed by atoms with Crippen LogP contribution in [-0.4, -0.2) is 49.4 Å². The molecule has 0 atom stereocenters. The van der Waals surface area contributed by atoms with Crippen molar-refractivity contribution in [1.82, 2.24) is 4.90 Å². The third kappa shape index (κ3) is 4.32. The zero-order valence-corrected chi connectivity index (χ0v) is 15.0. The largest absolute Gasteiger partial charge is 0.347 e. The Kier molecular flexibility index (Phi) is 5.36. The number of anilines is 1. The fraction of sp³-hybridized carbons (Fsp3) is 0.588. The van der Waals surface area contributed by atoms with Crippen LogP contribution in [0.4, 0.5) is 5.69 Å². The van der Waals surface area contributed by atoms with Gasteiger partial charge in [-0.05, 0) is 24.6 Å². The average Bonchev–Trinajstić information content (AvgIpc) is 2.99. The average molecular weight is 383 g/mol. The van der Waals surface area contributed by atoms with Gasteiger partial charge in [-0.3, -0.25) is 4.79 Å². The quantitative estimate of drug-likeness (QED) is 0.869. The number of carbonyl (C=O) groups excluding carboxylic acids is 1. The van der Waals surface area contributed by atoms with Gasteiger partial charge in [0.15, 0.2) is 5.79 Å². The summed E-state index contributed by atoms with van der Waals surface area (Å²) < 4.78 is 12.5. The van der Waals surface area contributed by atoms with Crippen LogP contribution in [0.1, 0.15) is 24.8 Å². The van der Waals surface area contributed by atoms with Gasteiger partial charge in [0.1, 0.15) is 0 Å². The molecule has 1 aromatic rings. The molecule has 0 saturated carbocycles. The smallest absolute Gasteiger partial charge is 0.225 e. The molecule has 3 rings (SSSR count). The van der Waals surface area contributed by atoms with Crippen molar-refractivity contribution >= 4 is 27.5 Å². The van der Waals surface area contributed by atoms with E-state index in [1.807, 2.05) is 25.1 Å². The van der Waals surface area contributed by atoms with Gasteiger partial charge in [0.25, 0.3) is 0 Å². The molecule has 0 radical (unpaired) electrons. The molecular formula is C17H23BrN2O3. The molecule has 2 aliphatic rings. The van der Waals surface area contributed by atoms with E-state index in [4.69, 9.17) is 9.47 Å². The molecule has 5 nitrogen and oxygen atoms in total. The number of benzene rings is 1. The lowest BCUT2D eigenvalue weighted by Gasteiger charge is -2.37. The number of hydrogen-bond donors (Lipinski definition) is 1. The van der Waals surface area contributed by atoms with E-state index in [1.54, 1.807) is 0 Å². The van der Waals surface area contributed by atoms with Crippen molar-refractivity contribution in [3.63, 3.8) is 0 Å². The molecule has 1 amide bonds. The predicted molar refractivity (Wildman–Crippen MR) is 92.4 cm³/mol. The third-order valence-electron chi connectivity index (χ3n) is 4.54. The first-order chi connectivity index (χ1) is 11.1. The fourth-order valence-electron chi connectivity index (χ4n) is 3.06. The number of ether oxygens (including phenoxy) is 2. The van der Waals surface area contributed by atoms with Crippen LogP contribution < -0.4 is 5.32 Å². The van der Waals surface area contributed by atoms with Gasteiger partial charge in [-0.2, -0.15) is 0 Å². The summed E-state index contributed by atoms with van der Waals surface area (Å²) in [5.74, 6) is -0.290. The Morgan fingerprint density at radius 2 is 2.00 bits per heavy atom. The molecule has 2 fully saturated rings. The number of rotatable bonds is 4. The number of hydrogen-bond acceptors (Lipinski definition) is 4. The maximum absolute atomic E-state index is 12.1. The molecule has 1 spiro atoms. The number of nitrogens with zero attached hydrogens (tertiary/aromatic N) is 1. The van der Waals surface area contributed by atoms with Crippen LogP contribution in [0.25, 0.3) is 0 Å². The Bertz CT molecular complexity index is 563. The van der Waals surface area contributed by atoms with E-state index in [9.17, 15) is 4.79 Å². The van der Waals surface area contributed by atoms with E-state index in [1.165, 1.54) is 0 Å². The van der Waals surface area contributed by atoms with Crippen molar-refractivity contribution in [2.75, 3.05) is 38.2 Å². The van der Waals surface area contributed by atoms with Gasteiger partial charge in [0.2, 0.25) is 5.91 Å². The van der Waals surface area contributed by atoms with Crippen molar-refractivity contribution in [1.29, 1.82) is 0 Å². The second kappa shape index (κ2) is 7.30. The summed E-state index contributed by atoms with van der Waals surface area (Å²) in [6, 6.07) is 5.86. The van der Waals surface area contributed by atoms with Gasteiger partial charge in [0, 0.05) is 49.1 Å². The van der Waals surface area contributed by atoms with E-state index in [2.05, 4.69) is 26.1 Å². The number of piperidine rings is 1. The summed E-state index contributed by atoms with van der Waals surface area (Å²) in [5.41, 5.74) is 1.99. The molecule has 0 unspecified atom stereocenters. The lowest BCUT2D eigenvalue weighted by Crippen LogP contribution is -2.45. The zero-order valence-electron chi connectivity index (χ0n) is 13.4. The summed E-state index contributed by atoms with van der Waals surface area (Å²) in [4.78, 5) is 14.4. The summed E-state index contributed by atoms with van der Waals surface area (Å²) in [6.45, 7) is 6.04. The first-order valence-electron chi connectivity index (χ1n) is 8.13. The minimum atomic E-state index is -0.340. The number of amides is 1. The van der Waals surface area contributed by atoms with E-state index in [-0.39, 0.29) is 11.7 Å². The number of carbonyl (C=O) groups is 1. The first-order valence-corrected chi connectivity index (χ1v) is 8.92. The monoisotopic (exact) mass is 382 g/mol. The molecule has 6 heteroatoms. The molecule has 2 saturated heterocycles. The molecule has 0 bridgehead atoms. The minimum Gasteiger partial charge on any atom is -0.347 e. The molecule has 2 heterocycles. The Morgan fingerprint density at radius 3 is 2.65 bits per heavy atom. The van der Waals surface area contributed by atoms with E-state index in [0.29, 0.717) is 19.6 Å². The topological polar surface area (TPSA) is 50.8 Å². The predicted octanol–water partition coefficient (Wildman–Crippen LogP) is 2.93. The van der Waals surface area contributed by atoms with Gasteiger partial charge in [-0.15, -0.1) is 0 Å². The molecule has 2 aliphatic heterocycles. The Labute approximate surface area is 145 Å². The van der Waals surface area contributed by atoms with Gasteiger partial charge >= 0.3 is 0 Å². The highest BCUT2D eigenvalue weighted by atomic mass is 79.9. The highest BCUT2D eigenvalue weighted by Crippen LogP contribution is 2.31. The molecule has 126 valence electrons. The Balaban J connectivity index is 1.42. The van der Waals surface area contributed by atoms with Crippen LogP contribution in [-0.2, 0) is 14.3 Å². The summed E-state index contributed by atoms with van der Waals surface area (Å²) in [5, 5.41) is 2.95. The number of aryl methyl sites for hydroxylation is 1. The summed E-state index contributed by atoms with van der Waals surface area (Å²) in [7, 11) is 0. The van der Waals surface area contributed by atoms with Crippen LogP contribution in [0.15, 0.2) is 22.7 Å². The van der Waals surface area contributed by atoms with Crippen LogP contribution in [0.5, 0.6) is 0 Å². The van der Waals surface area contributed by atoms with Gasteiger partial charge in [-0.1, -0.05) is 22.0 Å². The zero-order chi connectivity index (χ0) is 16.3. The minimum absolute atomic E-state index is 0.0504. The lowest BCUT2D eigenvalue weighted by atomic mass is 10.0. The highest BCUT2D eigenvalue weighted by Gasteiger charge is 2.39. The van der Waals surface area contributed by atoms with E-state index in [0.717, 1.165) is 48.2 Å². The van der Waals surface area contributed by atoms with Crippen molar-refractivity contribution in [3.05, 3.63) is 28.2 Å². The number of halogens is 1. The van der Waals surface area contributed by atoms with Crippen molar-refractivity contribution < 1.29 is 14.3 Å². The normalized spacial score (nSPS) is 20.8. The van der Waals surface area contributed by atoms with Gasteiger partial charge in [0.05, 0.1) is 13.2 Å². The lowest BCUT2D eigenvalue weighted by molar-refractivity contribution is -0.185. The van der Waals surface area contributed by atoms with Gasteiger partial charge in [-0.25, -0.2) is 0 Å². The SMILES string of the molecule is Cc1ccc(NC(=O)CCN2CCC3(CC2)OCCO3)cc1Br. The summed E-state index contributed by atoms with van der Waals surface area (Å²) in [6.07, 6.45) is 2.28. The molecule has 23 heavy (non-hydrogen) atoms. The third-order valence-corrected chi connectivity index (χ3v) is 5.40. The maximum Gasteiger partial charge on any atom is 0.225 e. The van der Waals surface area contributed by atoms with Gasteiger partial charge < -0.3 is 19.7 Å². The van der Waals surface area contributed by atoms with Crippen molar-refractivity contribution in [2.24, 2.45) is 0 Å².